The highest BCUT2D eigenvalue weighted by Crippen LogP contribution is 2.12. The van der Waals surface area contributed by atoms with Crippen LogP contribution >= 0.6 is 0 Å². The third-order valence-corrected chi connectivity index (χ3v) is 2.67. The van der Waals surface area contributed by atoms with Crippen LogP contribution in [-0.2, 0) is 6.42 Å². The minimum atomic E-state index is -0.0695. The molecular weight excluding hydrogens is 256 g/mol. The Balaban J connectivity index is 1.77. The molecule has 98 valence electrons. The zero-order chi connectivity index (χ0) is 13.8. The summed E-state index contributed by atoms with van der Waals surface area (Å²) in [4.78, 5) is 24.1. The maximum Gasteiger partial charge on any atom is 0.234 e. The molecule has 0 unspecified atom stereocenters. The quantitative estimate of drug-likeness (QED) is 0.671. The van der Waals surface area contributed by atoms with Crippen LogP contribution in [-0.4, -0.2) is 25.9 Å². The fourth-order valence-electron chi connectivity index (χ4n) is 1.71. The molecule has 20 heavy (non-hydrogen) atoms. The second-order valence-electron chi connectivity index (χ2n) is 4.07. The third-order valence-electron chi connectivity index (χ3n) is 2.67. The number of hydrogen-bond acceptors (Lipinski definition) is 6. The first kappa shape index (κ1) is 12.2. The van der Waals surface area contributed by atoms with Gasteiger partial charge in [-0.15, -0.1) is 0 Å². The number of carbonyl (C=O) groups is 1. The molecule has 0 amide bonds. The Hall–Kier alpha value is -2.89. The summed E-state index contributed by atoms with van der Waals surface area (Å²) in [6, 6.07) is 8.98. The first-order valence-electron chi connectivity index (χ1n) is 6.00. The van der Waals surface area contributed by atoms with E-state index in [1.807, 2.05) is 18.2 Å². The Morgan fingerprint density at radius 2 is 2.00 bits per heavy atom. The highest BCUT2D eigenvalue weighted by atomic mass is 16.5. The summed E-state index contributed by atoms with van der Waals surface area (Å²) in [6.07, 6.45) is 4.70. The van der Waals surface area contributed by atoms with Crippen LogP contribution in [0.5, 0.6) is 0 Å². The Bertz CT molecular complexity index is 710. The van der Waals surface area contributed by atoms with Crippen LogP contribution in [0.25, 0.3) is 11.5 Å². The van der Waals surface area contributed by atoms with Gasteiger partial charge in [0.15, 0.2) is 5.78 Å². The monoisotopic (exact) mass is 266 g/mol. The van der Waals surface area contributed by atoms with Gasteiger partial charge in [-0.2, -0.15) is 4.98 Å². The lowest BCUT2D eigenvalue weighted by molar-refractivity contribution is 0.0983. The van der Waals surface area contributed by atoms with E-state index in [0.717, 1.165) is 0 Å². The molecule has 0 aliphatic carbocycles. The molecule has 3 aromatic rings. The summed E-state index contributed by atoms with van der Waals surface area (Å²) in [7, 11) is 0. The van der Waals surface area contributed by atoms with Crippen molar-refractivity contribution >= 4 is 5.78 Å². The maximum atomic E-state index is 12.0. The molecule has 6 heteroatoms. The van der Waals surface area contributed by atoms with Gasteiger partial charge in [0.1, 0.15) is 5.69 Å². The van der Waals surface area contributed by atoms with Gasteiger partial charge >= 0.3 is 0 Å². The zero-order valence-electron chi connectivity index (χ0n) is 10.4. The summed E-state index contributed by atoms with van der Waals surface area (Å²) in [6.45, 7) is 0. The van der Waals surface area contributed by atoms with E-state index in [-0.39, 0.29) is 18.1 Å². The SMILES string of the molecule is O=C(Cc1nc(-c2cnccn2)no1)c1ccccc1. The van der Waals surface area contributed by atoms with Crippen molar-refractivity contribution in [3.8, 4) is 11.5 Å². The van der Waals surface area contributed by atoms with Crippen LogP contribution < -0.4 is 0 Å². The standard InChI is InChI=1S/C14H10N4O2/c19-12(10-4-2-1-3-5-10)8-13-17-14(18-20-13)11-9-15-6-7-16-11/h1-7,9H,8H2. The molecule has 0 saturated carbocycles. The van der Waals surface area contributed by atoms with E-state index in [1.54, 1.807) is 24.5 Å². The average Bonchev–Trinajstić information content (AvgIpc) is 2.97. The van der Waals surface area contributed by atoms with E-state index in [9.17, 15) is 4.79 Å². The predicted octanol–water partition coefficient (Wildman–Crippen LogP) is 1.95. The van der Waals surface area contributed by atoms with Crippen molar-refractivity contribution in [3.05, 3.63) is 60.4 Å². The minimum absolute atomic E-state index is 0.0667. The van der Waals surface area contributed by atoms with Crippen molar-refractivity contribution in [1.29, 1.82) is 0 Å². The molecule has 6 nitrogen and oxygen atoms in total. The summed E-state index contributed by atoms with van der Waals surface area (Å²) >= 11 is 0. The van der Waals surface area contributed by atoms with Crippen molar-refractivity contribution in [2.45, 2.75) is 6.42 Å². The van der Waals surface area contributed by atoms with Gasteiger partial charge in [0.2, 0.25) is 11.7 Å². The topological polar surface area (TPSA) is 81.8 Å². The van der Waals surface area contributed by atoms with Crippen molar-refractivity contribution < 1.29 is 9.32 Å². The van der Waals surface area contributed by atoms with Gasteiger partial charge in [-0.3, -0.25) is 9.78 Å². The molecule has 0 saturated heterocycles. The summed E-state index contributed by atoms with van der Waals surface area (Å²) in [5.74, 6) is 0.522. The van der Waals surface area contributed by atoms with Gasteiger partial charge < -0.3 is 4.52 Å². The zero-order valence-corrected chi connectivity index (χ0v) is 10.4. The maximum absolute atomic E-state index is 12.0. The molecule has 0 spiro atoms. The Kier molecular flexibility index (Phi) is 3.28. The number of hydrogen-bond donors (Lipinski definition) is 0. The van der Waals surface area contributed by atoms with Crippen LogP contribution in [0.1, 0.15) is 16.2 Å². The molecule has 0 aliphatic rings. The number of ketones is 1. The fourth-order valence-corrected chi connectivity index (χ4v) is 1.71. The summed E-state index contributed by atoms with van der Waals surface area (Å²) < 4.78 is 5.06. The largest absolute Gasteiger partial charge is 0.338 e. The van der Waals surface area contributed by atoms with Crippen molar-refractivity contribution in [3.63, 3.8) is 0 Å². The van der Waals surface area contributed by atoms with Gasteiger partial charge in [-0.25, -0.2) is 4.98 Å². The Morgan fingerprint density at radius 3 is 2.75 bits per heavy atom. The molecule has 0 bridgehead atoms. The van der Waals surface area contributed by atoms with E-state index < -0.39 is 0 Å². The molecule has 0 fully saturated rings. The van der Waals surface area contributed by atoms with Crippen molar-refractivity contribution in [2.24, 2.45) is 0 Å². The molecule has 0 N–H and O–H groups in total. The third kappa shape index (κ3) is 2.59. The number of carbonyl (C=O) groups excluding carboxylic acids is 1. The lowest BCUT2D eigenvalue weighted by atomic mass is 10.1. The number of Topliss-reactive ketones (excluding diaryl/α,β-unsaturated/α-hetero) is 1. The van der Waals surface area contributed by atoms with E-state index in [0.29, 0.717) is 17.1 Å². The molecular formula is C14H10N4O2. The smallest absolute Gasteiger partial charge is 0.234 e. The van der Waals surface area contributed by atoms with E-state index in [4.69, 9.17) is 4.52 Å². The van der Waals surface area contributed by atoms with Crippen molar-refractivity contribution in [2.75, 3.05) is 0 Å². The van der Waals surface area contributed by atoms with E-state index in [2.05, 4.69) is 20.1 Å². The molecule has 0 radical (unpaired) electrons. The van der Waals surface area contributed by atoms with Gasteiger partial charge in [0.05, 0.1) is 12.6 Å². The number of rotatable bonds is 4. The highest BCUT2D eigenvalue weighted by molar-refractivity contribution is 5.96. The predicted molar refractivity (Wildman–Crippen MR) is 69.8 cm³/mol. The van der Waals surface area contributed by atoms with Gasteiger partial charge in [-0.1, -0.05) is 35.5 Å². The van der Waals surface area contributed by atoms with Gasteiger partial charge in [0.25, 0.3) is 0 Å². The fraction of sp³-hybridized carbons (Fsp3) is 0.0714. The second kappa shape index (κ2) is 5.40. The minimum Gasteiger partial charge on any atom is -0.338 e. The second-order valence-corrected chi connectivity index (χ2v) is 4.07. The lowest BCUT2D eigenvalue weighted by Crippen LogP contribution is -2.03. The normalized spacial score (nSPS) is 10.4. The van der Waals surface area contributed by atoms with Crippen molar-refractivity contribution in [1.82, 2.24) is 20.1 Å². The Labute approximate surface area is 114 Å². The van der Waals surface area contributed by atoms with Crippen LogP contribution in [0.4, 0.5) is 0 Å². The molecule has 0 aliphatic heterocycles. The molecule has 2 heterocycles. The first-order valence-corrected chi connectivity index (χ1v) is 6.00. The first-order chi connectivity index (χ1) is 9.83. The van der Waals surface area contributed by atoms with E-state index in [1.165, 1.54) is 6.20 Å². The summed E-state index contributed by atoms with van der Waals surface area (Å²) in [5.41, 5.74) is 1.13. The number of nitrogens with zero attached hydrogens (tertiary/aromatic N) is 4. The lowest BCUT2D eigenvalue weighted by Gasteiger charge is -1.96. The van der Waals surface area contributed by atoms with Gasteiger partial charge in [0, 0.05) is 18.0 Å². The number of benzene rings is 1. The molecule has 0 atom stereocenters. The molecule has 2 aromatic heterocycles. The summed E-state index contributed by atoms with van der Waals surface area (Å²) in [5, 5.41) is 3.79. The average molecular weight is 266 g/mol. The molecule has 1 aromatic carbocycles. The van der Waals surface area contributed by atoms with Crippen LogP contribution in [0, 0.1) is 0 Å². The Morgan fingerprint density at radius 1 is 1.15 bits per heavy atom. The molecule has 3 rings (SSSR count). The number of aromatic nitrogens is 4. The van der Waals surface area contributed by atoms with Crippen LogP contribution in [0.2, 0.25) is 0 Å². The van der Waals surface area contributed by atoms with Crippen LogP contribution in [0.3, 0.4) is 0 Å². The van der Waals surface area contributed by atoms with Gasteiger partial charge in [-0.05, 0) is 0 Å². The highest BCUT2D eigenvalue weighted by Gasteiger charge is 2.14. The van der Waals surface area contributed by atoms with Crippen LogP contribution in [0.15, 0.2) is 53.4 Å². The van der Waals surface area contributed by atoms with E-state index >= 15 is 0 Å².